The molecule has 2 heterocycles. The summed E-state index contributed by atoms with van der Waals surface area (Å²) in [5.41, 5.74) is 1.21. The Labute approximate surface area is 158 Å². The molecule has 146 valence electrons. The quantitative estimate of drug-likeness (QED) is 0.825. The molecule has 0 spiro atoms. The number of sulfonamides is 1. The molecule has 2 fully saturated rings. The largest absolute Gasteiger partial charge is 0.317 e. The molecule has 0 radical (unpaired) electrons. The Morgan fingerprint density at radius 2 is 1.69 bits per heavy atom. The van der Waals surface area contributed by atoms with Gasteiger partial charge < -0.3 is 10.2 Å². The highest BCUT2D eigenvalue weighted by Gasteiger charge is 2.29. The second-order valence-electron chi connectivity index (χ2n) is 7.78. The summed E-state index contributed by atoms with van der Waals surface area (Å²) in [6.07, 6.45) is 3.53. The van der Waals surface area contributed by atoms with Crippen molar-refractivity contribution in [3.63, 3.8) is 0 Å². The van der Waals surface area contributed by atoms with Crippen molar-refractivity contribution in [3.8, 4) is 0 Å². The first-order valence-electron chi connectivity index (χ1n) is 10.0. The van der Waals surface area contributed by atoms with Gasteiger partial charge in [-0.25, -0.2) is 8.42 Å². The number of nitrogens with one attached hydrogen (secondary N) is 1. The number of rotatable bonds is 6. The molecule has 6 heteroatoms. The van der Waals surface area contributed by atoms with Crippen LogP contribution in [0, 0.1) is 5.92 Å². The molecule has 2 aliphatic rings. The lowest BCUT2D eigenvalue weighted by Crippen LogP contribution is -2.50. The van der Waals surface area contributed by atoms with E-state index in [1.165, 1.54) is 18.4 Å². The molecule has 2 aliphatic heterocycles. The van der Waals surface area contributed by atoms with Crippen LogP contribution in [0.15, 0.2) is 29.2 Å². The fourth-order valence-electron chi connectivity index (χ4n) is 3.93. The summed E-state index contributed by atoms with van der Waals surface area (Å²) >= 11 is 0. The van der Waals surface area contributed by atoms with Crippen molar-refractivity contribution in [3.05, 3.63) is 29.8 Å². The zero-order valence-corrected chi connectivity index (χ0v) is 17.0. The Morgan fingerprint density at radius 3 is 2.27 bits per heavy atom. The zero-order valence-electron chi connectivity index (χ0n) is 16.2. The maximum absolute atomic E-state index is 12.9. The molecule has 3 rings (SSSR count). The normalized spacial score (nSPS) is 22.4. The summed E-state index contributed by atoms with van der Waals surface area (Å²) < 4.78 is 27.5. The average molecular weight is 380 g/mol. The topological polar surface area (TPSA) is 52.7 Å². The SMILES string of the molecule is CCC(C)c1ccc(S(=O)(=O)N2CCN(CC3CCNCC3)CC2)cc1. The summed E-state index contributed by atoms with van der Waals surface area (Å²) in [7, 11) is -3.37. The van der Waals surface area contributed by atoms with Gasteiger partial charge in [0.25, 0.3) is 0 Å². The first-order valence-corrected chi connectivity index (χ1v) is 11.5. The van der Waals surface area contributed by atoms with Crippen LogP contribution in [-0.4, -0.2) is 63.4 Å². The Balaban J connectivity index is 1.57. The number of benzene rings is 1. The van der Waals surface area contributed by atoms with Crippen LogP contribution in [-0.2, 0) is 10.0 Å². The molecule has 1 unspecified atom stereocenters. The van der Waals surface area contributed by atoms with Crippen LogP contribution in [0.5, 0.6) is 0 Å². The van der Waals surface area contributed by atoms with Crippen molar-refractivity contribution < 1.29 is 8.42 Å². The minimum Gasteiger partial charge on any atom is -0.317 e. The molecule has 1 aromatic rings. The minimum atomic E-state index is -3.37. The lowest BCUT2D eigenvalue weighted by Gasteiger charge is -2.36. The van der Waals surface area contributed by atoms with Gasteiger partial charge in [-0.2, -0.15) is 4.31 Å². The van der Waals surface area contributed by atoms with Crippen LogP contribution < -0.4 is 5.32 Å². The van der Waals surface area contributed by atoms with Gasteiger partial charge >= 0.3 is 0 Å². The van der Waals surface area contributed by atoms with E-state index >= 15 is 0 Å². The molecule has 1 N–H and O–H groups in total. The average Bonchev–Trinajstić information content (AvgIpc) is 2.68. The Kier molecular flexibility index (Phi) is 6.72. The third kappa shape index (κ3) is 4.66. The van der Waals surface area contributed by atoms with E-state index in [1.807, 2.05) is 12.1 Å². The highest BCUT2D eigenvalue weighted by Crippen LogP contribution is 2.23. The van der Waals surface area contributed by atoms with Gasteiger partial charge in [0.2, 0.25) is 10.0 Å². The van der Waals surface area contributed by atoms with E-state index in [-0.39, 0.29) is 0 Å². The number of piperidine rings is 1. The highest BCUT2D eigenvalue weighted by atomic mass is 32.2. The summed E-state index contributed by atoms with van der Waals surface area (Å²) in [5, 5.41) is 3.41. The van der Waals surface area contributed by atoms with Crippen molar-refractivity contribution in [2.24, 2.45) is 5.92 Å². The number of hydrogen-bond donors (Lipinski definition) is 1. The standard InChI is InChI=1S/C20H33N3O2S/c1-3-17(2)19-4-6-20(7-5-19)26(24,25)23-14-12-22(13-15-23)16-18-8-10-21-11-9-18/h4-7,17-18,21H,3,8-16H2,1-2H3. The smallest absolute Gasteiger partial charge is 0.243 e. The maximum atomic E-state index is 12.9. The predicted molar refractivity (Wildman–Crippen MR) is 106 cm³/mol. The molecule has 0 aromatic heterocycles. The third-order valence-corrected chi connectivity index (χ3v) is 7.92. The molecule has 0 amide bonds. The Morgan fingerprint density at radius 1 is 1.08 bits per heavy atom. The summed E-state index contributed by atoms with van der Waals surface area (Å²) in [6.45, 7) is 10.5. The molecule has 0 bridgehead atoms. The van der Waals surface area contributed by atoms with Gasteiger partial charge in [-0.05, 0) is 61.9 Å². The Hall–Kier alpha value is -0.950. The second kappa shape index (κ2) is 8.83. The van der Waals surface area contributed by atoms with Crippen LogP contribution in [0.2, 0.25) is 0 Å². The minimum absolute atomic E-state index is 0.427. The molecule has 1 aromatic carbocycles. The molecule has 1 atom stereocenters. The van der Waals surface area contributed by atoms with Crippen LogP contribution >= 0.6 is 0 Å². The molecule has 26 heavy (non-hydrogen) atoms. The highest BCUT2D eigenvalue weighted by molar-refractivity contribution is 7.89. The van der Waals surface area contributed by atoms with Crippen LogP contribution in [0.25, 0.3) is 0 Å². The van der Waals surface area contributed by atoms with Crippen molar-refractivity contribution in [1.29, 1.82) is 0 Å². The predicted octanol–water partition coefficient (Wildman–Crippen LogP) is 2.51. The number of nitrogens with zero attached hydrogens (tertiary/aromatic N) is 2. The third-order valence-electron chi connectivity index (χ3n) is 6.01. The molecule has 0 aliphatic carbocycles. The van der Waals surface area contributed by atoms with Gasteiger partial charge in [-0.15, -0.1) is 0 Å². The zero-order chi connectivity index (χ0) is 18.6. The lowest BCUT2D eigenvalue weighted by molar-refractivity contribution is 0.152. The molecular formula is C20H33N3O2S. The summed E-state index contributed by atoms with van der Waals surface area (Å²) in [4.78, 5) is 2.87. The fourth-order valence-corrected chi connectivity index (χ4v) is 5.36. The van der Waals surface area contributed by atoms with E-state index in [1.54, 1.807) is 16.4 Å². The first kappa shape index (κ1) is 19.8. The fraction of sp³-hybridized carbons (Fsp3) is 0.700. The van der Waals surface area contributed by atoms with Gasteiger partial charge in [0.05, 0.1) is 4.90 Å². The molecule has 0 saturated carbocycles. The van der Waals surface area contributed by atoms with Crippen molar-refractivity contribution in [2.45, 2.75) is 43.9 Å². The van der Waals surface area contributed by atoms with Gasteiger partial charge in [0.15, 0.2) is 0 Å². The van der Waals surface area contributed by atoms with Gasteiger partial charge in [0.1, 0.15) is 0 Å². The van der Waals surface area contributed by atoms with Gasteiger partial charge in [-0.3, -0.25) is 0 Å². The van der Waals surface area contributed by atoms with E-state index in [4.69, 9.17) is 0 Å². The van der Waals surface area contributed by atoms with E-state index in [9.17, 15) is 8.42 Å². The van der Waals surface area contributed by atoms with E-state index < -0.39 is 10.0 Å². The van der Waals surface area contributed by atoms with Gasteiger partial charge in [-0.1, -0.05) is 26.0 Å². The van der Waals surface area contributed by atoms with Crippen molar-refractivity contribution >= 4 is 10.0 Å². The van der Waals surface area contributed by atoms with Crippen LogP contribution in [0.4, 0.5) is 0 Å². The monoisotopic (exact) mass is 379 g/mol. The first-order chi connectivity index (χ1) is 12.5. The summed E-state index contributed by atoms with van der Waals surface area (Å²) in [5.74, 6) is 1.22. The van der Waals surface area contributed by atoms with Crippen LogP contribution in [0.3, 0.4) is 0 Å². The molecule has 5 nitrogen and oxygen atoms in total. The van der Waals surface area contributed by atoms with Gasteiger partial charge in [0, 0.05) is 32.7 Å². The van der Waals surface area contributed by atoms with E-state index in [2.05, 4.69) is 24.1 Å². The van der Waals surface area contributed by atoms with Crippen molar-refractivity contribution in [2.75, 3.05) is 45.8 Å². The van der Waals surface area contributed by atoms with E-state index in [0.29, 0.717) is 23.9 Å². The maximum Gasteiger partial charge on any atom is 0.243 e. The molecular weight excluding hydrogens is 346 g/mol. The number of piperazine rings is 1. The number of hydrogen-bond acceptors (Lipinski definition) is 4. The second-order valence-corrected chi connectivity index (χ2v) is 9.71. The van der Waals surface area contributed by atoms with Crippen molar-refractivity contribution in [1.82, 2.24) is 14.5 Å². The Bertz CT molecular complexity index is 661. The van der Waals surface area contributed by atoms with Crippen LogP contribution in [0.1, 0.15) is 44.6 Å². The molecule has 2 saturated heterocycles. The van der Waals surface area contributed by atoms with E-state index in [0.717, 1.165) is 45.1 Å². The summed E-state index contributed by atoms with van der Waals surface area (Å²) in [6, 6.07) is 7.49. The lowest BCUT2D eigenvalue weighted by atomic mass is 9.97.